The van der Waals surface area contributed by atoms with Crippen LogP contribution in [-0.2, 0) is 9.84 Å². The smallest absolute Gasteiger partial charge is 0.178 e. The average Bonchev–Trinajstić information content (AvgIpc) is 2.11. The summed E-state index contributed by atoms with van der Waals surface area (Å²) >= 11 is 0. The van der Waals surface area contributed by atoms with E-state index in [1.807, 2.05) is 0 Å². The fraction of sp³-hybridized carbons (Fsp3) is 0.400. The SMILES string of the molecule is Cc1n[nH]cc1S(C)(=O)=O. The lowest BCUT2D eigenvalue weighted by Crippen LogP contribution is -1.96. The van der Waals surface area contributed by atoms with E-state index in [0.717, 1.165) is 6.26 Å². The molecule has 0 atom stereocenters. The molecule has 0 saturated heterocycles. The number of H-pyrrole nitrogens is 1. The van der Waals surface area contributed by atoms with E-state index in [1.165, 1.54) is 6.20 Å². The summed E-state index contributed by atoms with van der Waals surface area (Å²) in [6.45, 7) is 1.65. The van der Waals surface area contributed by atoms with Gasteiger partial charge in [0.2, 0.25) is 0 Å². The van der Waals surface area contributed by atoms with E-state index in [0.29, 0.717) is 5.69 Å². The fourth-order valence-corrected chi connectivity index (χ4v) is 1.57. The predicted octanol–water partition coefficient (Wildman–Crippen LogP) is 0.122. The molecule has 1 rings (SSSR count). The molecule has 0 radical (unpaired) electrons. The van der Waals surface area contributed by atoms with Gasteiger partial charge in [0.15, 0.2) is 9.84 Å². The van der Waals surface area contributed by atoms with E-state index in [2.05, 4.69) is 10.2 Å². The molecule has 1 aromatic rings. The molecule has 0 amide bonds. The first-order chi connectivity index (χ1) is 4.52. The first-order valence-electron chi connectivity index (χ1n) is 2.72. The van der Waals surface area contributed by atoms with Gasteiger partial charge < -0.3 is 0 Å². The quantitative estimate of drug-likeness (QED) is 0.634. The van der Waals surface area contributed by atoms with Crippen LogP contribution in [0.1, 0.15) is 5.69 Å². The maximum absolute atomic E-state index is 10.9. The van der Waals surface area contributed by atoms with Gasteiger partial charge in [0.05, 0.1) is 5.69 Å². The van der Waals surface area contributed by atoms with Gasteiger partial charge >= 0.3 is 0 Å². The molecule has 0 aliphatic carbocycles. The topological polar surface area (TPSA) is 62.8 Å². The monoisotopic (exact) mass is 160 g/mol. The minimum atomic E-state index is -3.08. The highest BCUT2D eigenvalue weighted by molar-refractivity contribution is 7.90. The van der Waals surface area contributed by atoms with Gasteiger partial charge in [-0.2, -0.15) is 5.10 Å². The lowest BCUT2D eigenvalue weighted by molar-refractivity contribution is 0.601. The number of hydrogen-bond donors (Lipinski definition) is 1. The molecule has 1 heterocycles. The Balaban J connectivity index is 3.32. The zero-order valence-electron chi connectivity index (χ0n) is 5.75. The van der Waals surface area contributed by atoms with E-state index < -0.39 is 9.84 Å². The predicted molar refractivity (Wildman–Crippen MR) is 36.4 cm³/mol. The highest BCUT2D eigenvalue weighted by Gasteiger charge is 2.11. The first kappa shape index (κ1) is 7.27. The van der Waals surface area contributed by atoms with Crippen molar-refractivity contribution >= 4 is 9.84 Å². The van der Waals surface area contributed by atoms with E-state index in [-0.39, 0.29) is 4.90 Å². The van der Waals surface area contributed by atoms with Crippen molar-refractivity contribution in [2.75, 3.05) is 6.26 Å². The molecule has 1 N–H and O–H groups in total. The van der Waals surface area contributed by atoms with Gasteiger partial charge in [-0.15, -0.1) is 0 Å². The van der Waals surface area contributed by atoms with Crippen molar-refractivity contribution in [2.45, 2.75) is 11.8 Å². The molecule has 10 heavy (non-hydrogen) atoms. The third kappa shape index (κ3) is 1.18. The number of aromatic amines is 1. The molecule has 0 fully saturated rings. The maximum atomic E-state index is 10.9. The molecular weight excluding hydrogens is 152 g/mol. The second kappa shape index (κ2) is 2.09. The minimum Gasteiger partial charge on any atom is -0.284 e. The number of nitrogens with zero attached hydrogens (tertiary/aromatic N) is 1. The fourth-order valence-electron chi connectivity index (χ4n) is 0.723. The van der Waals surface area contributed by atoms with Crippen LogP contribution in [0.25, 0.3) is 0 Å². The summed E-state index contributed by atoms with van der Waals surface area (Å²) in [7, 11) is -3.08. The molecule has 0 spiro atoms. The maximum Gasteiger partial charge on any atom is 0.178 e. The number of rotatable bonds is 1. The van der Waals surface area contributed by atoms with Crippen LogP contribution in [0, 0.1) is 6.92 Å². The highest BCUT2D eigenvalue weighted by atomic mass is 32.2. The van der Waals surface area contributed by atoms with Crippen molar-refractivity contribution in [1.82, 2.24) is 10.2 Å². The lowest BCUT2D eigenvalue weighted by Gasteiger charge is -1.90. The number of hydrogen-bond acceptors (Lipinski definition) is 3. The van der Waals surface area contributed by atoms with Crippen LogP contribution < -0.4 is 0 Å². The van der Waals surface area contributed by atoms with Crippen molar-refractivity contribution < 1.29 is 8.42 Å². The molecule has 0 unspecified atom stereocenters. The second-order valence-corrected chi connectivity index (χ2v) is 4.09. The van der Waals surface area contributed by atoms with E-state index in [4.69, 9.17) is 0 Å². The van der Waals surface area contributed by atoms with Gasteiger partial charge in [-0.1, -0.05) is 0 Å². The van der Waals surface area contributed by atoms with Gasteiger partial charge in [0.1, 0.15) is 4.90 Å². The zero-order chi connectivity index (χ0) is 7.78. The third-order valence-corrected chi connectivity index (χ3v) is 2.40. The van der Waals surface area contributed by atoms with Crippen molar-refractivity contribution in [3.05, 3.63) is 11.9 Å². The average molecular weight is 160 g/mol. The van der Waals surface area contributed by atoms with Crippen LogP contribution in [0.2, 0.25) is 0 Å². The molecule has 0 aliphatic rings. The Morgan fingerprint density at radius 2 is 2.20 bits per heavy atom. The van der Waals surface area contributed by atoms with Crippen LogP contribution in [-0.4, -0.2) is 24.9 Å². The van der Waals surface area contributed by atoms with Gasteiger partial charge in [0, 0.05) is 12.5 Å². The molecule has 4 nitrogen and oxygen atoms in total. The van der Waals surface area contributed by atoms with E-state index >= 15 is 0 Å². The Kier molecular flexibility index (Phi) is 1.52. The largest absolute Gasteiger partial charge is 0.284 e. The first-order valence-corrected chi connectivity index (χ1v) is 4.61. The van der Waals surface area contributed by atoms with Crippen molar-refractivity contribution in [1.29, 1.82) is 0 Å². The molecule has 0 saturated carbocycles. The standard InChI is InChI=1S/C5H8N2O2S/c1-4-5(3-6-7-4)10(2,8)9/h3H,1-2H3,(H,6,7). The second-order valence-electron chi connectivity index (χ2n) is 2.11. The summed E-state index contributed by atoms with van der Waals surface area (Å²) in [5.41, 5.74) is 0.516. The molecule has 0 aromatic carbocycles. The number of aryl methyl sites for hydroxylation is 1. The molecule has 0 aliphatic heterocycles. The van der Waals surface area contributed by atoms with Crippen LogP contribution >= 0.6 is 0 Å². The minimum absolute atomic E-state index is 0.271. The lowest BCUT2D eigenvalue weighted by atomic mass is 10.5. The Bertz CT molecular complexity index is 325. The summed E-state index contributed by atoms with van der Waals surface area (Å²) in [6, 6.07) is 0. The summed E-state index contributed by atoms with van der Waals surface area (Å²) < 4.78 is 21.7. The van der Waals surface area contributed by atoms with Crippen LogP contribution in [0.3, 0.4) is 0 Å². The van der Waals surface area contributed by atoms with Crippen LogP contribution in [0.5, 0.6) is 0 Å². The Morgan fingerprint density at radius 1 is 1.60 bits per heavy atom. The van der Waals surface area contributed by atoms with Crippen LogP contribution in [0.15, 0.2) is 11.1 Å². The molecule has 0 bridgehead atoms. The molecule has 1 aromatic heterocycles. The normalized spacial score (nSPS) is 11.8. The Morgan fingerprint density at radius 3 is 2.40 bits per heavy atom. The van der Waals surface area contributed by atoms with Gasteiger partial charge in [0.25, 0.3) is 0 Å². The Hall–Kier alpha value is -0.840. The Labute approximate surface area is 59.2 Å². The number of nitrogens with one attached hydrogen (secondary N) is 1. The summed E-state index contributed by atoms with van der Waals surface area (Å²) in [5, 5.41) is 6.15. The van der Waals surface area contributed by atoms with E-state index in [9.17, 15) is 8.42 Å². The molecule has 5 heteroatoms. The zero-order valence-corrected chi connectivity index (χ0v) is 6.57. The molecule has 56 valence electrons. The van der Waals surface area contributed by atoms with Crippen molar-refractivity contribution in [2.24, 2.45) is 0 Å². The summed E-state index contributed by atoms with van der Waals surface area (Å²) in [5.74, 6) is 0. The van der Waals surface area contributed by atoms with E-state index in [1.54, 1.807) is 6.92 Å². The van der Waals surface area contributed by atoms with Crippen LogP contribution in [0.4, 0.5) is 0 Å². The third-order valence-electron chi connectivity index (χ3n) is 1.18. The van der Waals surface area contributed by atoms with Gasteiger partial charge in [-0.05, 0) is 6.92 Å². The van der Waals surface area contributed by atoms with Crippen molar-refractivity contribution in [3.63, 3.8) is 0 Å². The number of aromatic nitrogens is 2. The summed E-state index contributed by atoms with van der Waals surface area (Å²) in [6.07, 6.45) is 2.54. The van der Waals surface area contributed by atoms with Gasteiger partial charge in [-0.3, -0.25) is 5.10 Å². The van der Waals surface area contributed by atoms with Gasteiger partial charge in [-0.25, -0.2) is 8.42 Å². The van der Waals surface area contributed by atoms with Crippen molar-refractivity contribution in [3.8, 4) is 0 Å². The molecular formula is C5H8N2O2S. The summed E-state index contributed by atoms with van der Waals surface area (Å²) in [4.78, 5) is 0.271. The number of sulfone groups is 1. The highest BCUT2D eigenvalue weighted by Crippen LogP contribution is 2.09.